The normalized spacial score (nSPS) is 12.7. The van der Waals surface area contributed by atoms with Crippen LogP contribution in [0.25, 0.3) is 0 Å². The number of methoxy groups -OCH3 is 1. The lowest BCUT2D eigenvalue weighted by atomic mass is 9.99. The number of benzene rings is 2. The van der Waals surface area contributed by atoms with Crippen LogP contribution in [0, 0.1) is 0 Å². The highest BCUT2D eigenvalue weighted by molar-refractivity contribution is 9.11. The number of aromatic hydroxyl groups is 1. The van der Waals surface area contributed by atoms with Gasteiger partial charge in [-0.15, -0.1) is 0 Å². The number of ether oxygens (including phenoxy) is 2. The van der Waals surface area contributed by atoms with E-state index in [1.807, 2.05) is 0 Å². The number of Topliss-reactive ketones (excluding diaryl/α,β-unsaturated/α-hetero) is 1. The summed E-state index contributed by atoms with van der Waals surface area (Å²) in [5.74, 6) is -0.895. The van der Waals surface area contributed by atoms with Crippen molar-refractivity contribution in [3.05, 3.63) is 68.6 Å². The Morgan fingerprint density at radius 2 is 1.82 bits per heavy atom. The summed E-state index contributed by atoms with van der Waals surface area (Å²) in [5, 5.41) is 21.8. The summed E-state index contributed by atoms with van der Waals surface area (Å²) in [5.41, 5.74) is 2.72. The Labute approximate surface area is 213 Å². The number of hydrogen-bond donors (Lipinski definition) is 4. The van der Waals surface area contributed by atoms with Gasteiger partial charge in [-0.05, 0) is 72.1 Å². The van der Waals surface area contributed by atoms with E-state index in [4.69, 9.17) is 14.7 Å². The summed E-state index contributed by atoms with van der Waals surface area (Å²) in [6, 6.07) is 9.57. The Morgan fingerprint density at radius 3 is 2.41 bits per heavy atom. The van der Waals surface area contributed by atoms with Crippen LogP contribution < -0.4 is 10.8 Å². The smallest absolute Gasteiger partial charge is 0.412 e. The van der Waals surface area contributed by atoms with E-state index in [-0.39, 0.29) is 11.5 Å². The topological polar surface area (TPSA) is 134 Å². The lowest BCUT2D eigenvalue weighted by Gasteiger charge is -2.27. The minimum atomic E-state index is -1.02. The van der Waals surface area contributed by atoms with Crippen LogP contribution in [0.3, 0.4) is 0 Å². The van der Waals surface area contributed by atoms with E-state index in [1.54, 1.807) is 36.4 Å². The summed E-state index contributed by atoms with van der Waals surface area (Å²) >= 11 is 6.65. The molecule has 0 aliphatic carbocycles. The lowest BCUT2D eigenvalue weighted by Crippen LogP contribution is -2.28. The molecule has 4 N–H and O–H groups in total. The fraction of sp³-hybridized carbons (Fsp3) is 0.261. The van der Waals surface area contributed by atoms with Gasteiger partial charge in [-0.1, -0.05) is 22.0 Å². The molecule has 0 saturated heterocycles. The second kappa shape index (κ2) is 13.2. The van der Waals surface area contributed by atoms with Gasteiger partial charge in [0.25, 0.3) is 5.91 Å². The molecule has 2 aromatic carbocycles. The number of hydrogen-bond acceptors (Lipinski definition) is 7. The number of anilines is 1. The molecule has 9 nitrogen and oxygen atoms in total. The molecule has 0 bridgehead atoms. The van der Waals surface area contributed by atoms with E-state index in [2.05, 4.69) is 37.2 Å². The van der Waals surface area contributed by atoms with Crippen LogP contribution >= 0.6 is 31.9 Å². The molecule has 0 saturated carbocycles. The summed E-state index contributed by atoms with van der Waals surface area (Å²) in [7, 11) is 1.44. The summed E-state index contributed by atoms with van der Waals surface area (Å²) in [6.07, 6.45) is 0.856. The predicted molar refractivity (Wildman–Crippen MR) is 132 cm³/mol. The molecule has 0 unspecified atom stereocenters. The van der Waals surface area contributed by atoms with E-state index < -0.39 is 24.2 Å². The maximum absolute atomic E-state index is 12.7. The number of allylic oxidation sites excluding steroid dienone is 1. The molecule has 0 heterocycles. The molecule has 2 rings (SSSR count). The molecular formula is C23H24Br2N2O7. The van der Waals surface area contributed by atoms with Crippen molar-refractivity contribution >= 4 is 55.3 Å². The fourth-order valence-electron chi connectivity index (χ4n) is 3.07. The number of amides is 2. The number of hydroxylamine groups is 1. The van der Waals surface area contributed by atoms with Gasteiger partial charge in [-0.25, -0.2) is 10.3 Å². The molecule has 11 heteroatoms. The van der Waals surface area contributed by atoms with E-state index in [1.165, 1.54) is 25.6 Å². The summed E-state index contributed by atoms with van der Waals surface area (Å²) in [6.45, 7) is 1.44. The van der Waals surface area contributed by atoms with Gasteiger partial charge in [-0.2, -0.15) is 0 Å². The van der Waals surface area contributed by atoms with Gasteiger partial charge in [-0.3, -0.25) is 20.1 Å². The van der Waals surface area contributed by atoms with E-state index >= 15 is 0 Å². The van der Waals surface area contributed by atoms with Gasteiger partial charge >= 0.3 is 6.09 Å². The van der Waals surface area contributed by atoms with Gasteiger partial charge in [0.05, 0.1) is 10.6 Å². The molecule has 0 aliphatic heterocycles. The number of halogens is 2. The van der Waals surface area contributed by atoms with Crippen molar-refractivity contribution in [3.63, 3.8) is 0 Å². The summed E-state index contributed by atoms with van der Waals surface area (Å²) in [4.78, 5) is 35.3. The van der Waals surface area contributed by atoms with E-state index in [0.29, 0.717) is 38.6 Å². The highest BCUT2D eigenvalue weighted by atomic mass is 79.9. The van der Waals surface area contributed by atoms with Crippen LogP contribution in [0.4, 0.5) is 10.5 Å². The molecule has 0 spiro atoms. The van der Waals surface area contributed by atoms with Crippen molar-refractivity contribution in [2.45, 2.75) is 32.0 Å². The average molecular weight is 600 g/mol. The van der Waals surface area contributed by atoms with Crippen molar-refractivity contribution in [1.29, 1.82) is 0 Å². The molecular weight excluding hydrogens is 576 g/mol. The first-order chi connectivity index (χ1) is 16.2. The zero-order chi connectivity index (χ0) is 25.3. The Bertz CT molecular complexity index is 1060. The Kier molecular flexibility index (Phi) is 10.7. The fourth-order valence-corrected chi connectivity index (χ4v) is 4.33. The predicted octanol–water partition coefficient (Wildman–Crippen LogP) is 5.27. The second-order valence-corrected chi connectivity index (χ2v) is 8.91. The van der Waals surface area contributed by atoms with Gasteiger partial charge in [0, 0.05) is 34.5 Å². The van der Waals surface area contributed by atoms with Crippen LogP contribution in [0.1, 0.15) is 41.8 Å². The molecule has 34 heavy (non-hydrogen) atoms. The van der Waals surface area contributed by atoms with Crippen LogP contribution in [0.15, 0.2) is 57.5 Å². The van der Waals surface area contributed by atoms with E-state index in [0.717, 1.165) is 6.08 Å². The minimum Gasteiger partial charge on any atom is -0.506 e. The van der Waals surface area contributed by atoms with Gasteiger partial charge in [0.1, 0.15) is 5.75 Å². The van der Waals surface area contributed by atoms with Crippen molar-refractivity contribution in [2.24, 2.45) is 0 Å². The van der Waals surface area contributed by atoms with Crippen LogP contribution in [0.5, 0.6) is 5.75 Å². The van der Waals surface area contributed by atoms with Crippen molar-refractivity contribution in [1.82, 2.24) is 5.48 Å². The maximum Gasteiger partial charge on any atom is 0.412 e. The van der Waals surface area contributed by atoms with Crippen LogP contribution in [-0.4, -0.2) is 41.3 Å². The first kappa shape index (κ1) is 27.5. The average Bonchev–Trinajstić information content (AvgIpc) is 2.80. The van der Waals surface area contributed by atoms with Gasteiger partial charge in [0.15, 0.2) is 11.9 Å². The third-order valence-corrected chi connectivity index (χ3v) is 5.84. The number of phenols is 1. The molecule has 2 aromatic rings. The number of carbonyl (C=O) groups is 3. The maximum atomic E-state index is 12.7. The quantitative estimate of drug-likeness (QED) is 0.126. The van der Waals surface area contributed by atoms with Crippen molar-refractivity contribution < 1.29 is 34.2 Å². The molecule has 0 fully saturated rings. The van der Waals surface area contributed by atoms with Gasteiger partial charge < -0.3 is 14.6 Å². The minimum absolute atomic E-state index is 0.0987. The Morgan fingerprint density at radius 1 is 1.15 bits per heavy atom. The number of nitrogens with one attached hydrogen (secondary N) is 2. The largest absolute Gasteiger partial charge is 0.506 e. The molecule has 0 aliphatic rings. The number of carbonyl (C=O) groups excluding carboxylic acids is 3. The molecule has 2 atom stereocenters. The lowest BCUT2D eigenvalue weighted by molar-refractivity contribution is -0.124. The SMILES string of the molecule is CO[C@H](CC/C=C/C(=O)NO)[C@H](OC(=O)Nc1ccc(C(C)=O)cc1)c1cc(Br)cc(Br)c1O. The zero-order valence-corrected chi connectivity index (χ0v) is 21.6. The first-order valence-corrected chi connectivity index (χ1v) is 11.6. The van der Waals surface area contributed by atoms with Gasteiger partial charge in [0.2, 0.25) is 0 Å². The third-order valence-electron chi connectivity index (χ3n) is 4.77. The summed E-state index contributed by atoms with van der Waals surface area (Å²) < 4.78 is 12.3. The van der Waals surface area contributed by atoms with Crippen LogP contribution in [-0.2, 0) is 14.3 Å². The first-order valence-electron chi connectivity index (χ1n) is 10.1. The third kappa shape index (κ3) is 7.94. The molecule has 0 aromatic heterocycles. The molecule has 2 amide bonds. The highest BCUT2D eigenvalue weighted by Crippen LogP contribution is 2.39. The van der Waals surface area contributed by atoms with Crippen molar-refractivity contribution in [3.8, 4) is 5.75 Å². The molecule has 182 valence electrons. The standard InChI is InChI=1S/C23H24Br2N2O7/c1-13(28)14-7-9-16(10-8-14)26-23(31)34-22(17-11-15(24)12-18(25)21(17)30)19(33-2)5-3-4-6-20(29)27-32/h4,6-12,19,22,30,32H,3,5H2,1-2H3,(H,26,31)(H,27,29)/b6-4+/t19-,22-/m1/s1. The Balaban J connectivity index is 2.27. The zero-order valence-electron chi connectivity index (χ0n) is 18.4. The highest BCUT2D eigenvalue weighted by Gasteiger charge is 2.30. The van der Waals surface area contributed by atoms with Crippen molar-refractivity contribution in [2.75, 3.05) is 12.4 Å². The second-order valence-electron chi connectivity index (χ2n) is 7.14. The monoisotopic (exact) mass is 598 g/mol. The number of rotatable bonds is 10. The molecule has 0 radical (unpaired) electrons. The number of phenolic OH excluding ortho intramolecular Hbond substituents is 1. The Hall–Kier alpha value is -2.73. The van der Waals surface area contributed by atoms with E-state index in [9.17, 15) is 19.5 Å². The van der Waals surface area contributed by atoms with Crippen LogP contribution in [0.2, 0.25) is 0 Å². The number of ketones is 1.